The van der Waals surface area contributed by atoms with Crippen LogP contribution in [0.1, 0.15) is 11.1 Å². The number of para-hydroxylation sites is 1. The summed E-state index contributed by atoms with van der Waals surface area (Å²) in [6, 6.07) is 23.6. The average Bonchev–Trinajstić information content (AvgIpc) is 3.05. The highest BCUT2D eigenvalue weighted by atomic mass is 16.2. The molecule has 0 radical (unpaired) electrons. The van der Waals surface area contributed by atoms with E-state index in [1.54, 1.807) is 0 Å². The first-order chi connectivity index (χ1) is 13.1. The molecular weight excluding hydrogens is 334 g/mol. The van der Waals surface area contributed by atoms with E-state index in [4.69, 9.17) is 0 Å². The molecule has 4 heteroatoms. The first kappa shape index (κ1) is 16.9. The maximum Gasteiger partial charge on any atom is 0.323 e. The molecule has 27 heavy (non-hydrogen) atoms. The van der Waals surface area contributed by atoms with Crippen molar-refractivity contribution in [3.05, 3.63) is 83.9 Å². The smallest absolute Gasteiger partial charge is 0.323 e. The van der Waals surface area contributed by atoms with Gasteiger partial charge in [0, 0.05) is 22.2 Å². The lowest BCUT2D eigenvalue weighted by Crippen LogP contribution is -2.20. The van der Waals surface area contributed by atoms with Gasteiger partial charge >= 0.3 is 6.03 Å². The van der Waals surface area contributed by atoms with Crippen LogP contribution in [0.4, 0.5) is 16.2 Å². The number of aryl methyl sites for hydroxylation is 1. The first-order valence-electron chi connectivity index (χ1n) is 8.94. The van der Waals surface area contributed by atoms with Crippen molar-refractivity contribution in [2.75, 3.05) is 10.6 Å². The number of rotatable bonds is 3. The maximum atomic E-state index is 12.7. The van der Waals surface area contributed by atoms with E-state index in [1.807, 2.05) is 86.6 Å². The number of amides is 2. The van der Waals surface area contributed by atoms with Crippen molar-refractivity contribution in [3.8, 4) is 11.3 Å². The van der Waals surface area contributed by atoms with Gasteiger partial charge < -0.3 is 15.6 Å². The largest absolute Gasteiger partial charge is 0.353 e. The number of carbonyl (C=O) groups is 1. The summed E-state index contributed by atoms with van der Waals surface area (Å²) >= 11 is 0. The Morgan fingerprint density at radius 3 is 2.37 bits per heavy atom. The topological polar surface area (TPSA) is 56.9 Å². The SMILES string of the molecule is Cc1cccc(NC(=O)Nc2c(-c3ccccc3)[nH]c3ccccc23)c1C. The monoisotopic (exact) mass is 355 g/mol. The van der Waals surface area contributed by atoms with Gasteiger partial charge in [0.15, 0.2) is 0 Å². The van der Waals surface area contributed by atoms with Gasteiger partial charge in [0.05, 0.1) is 11.4 Å². The predicted molar refractivity (Wildman–Crippen MR) is 112 cm³/mol. The molecule has 0 bridgehead atoms. The van der Waals surface area contributed by atoms with E-state index < -0.39 is 0 Å². The van der Waals surface area contributed by atoms with Crippen molar-refractivity contribution < 1.29 is 4.79 Å². The number of carbonyl (C=O) groups excluding carboxylic acids is 1. The zero-order valence-corrected chi connectivity index (χ0v) is 15.3. The van der Waals surface area contributed by atoms with Gasteiger partial charge in [-0.2, -0.15) is 0 Å². The summed E-state index contributed by atoms with van der Waals surface area (Å²) in [4.78, 5) is 16.2. The normalized spacial score (nSPS) is 10.7. The van der Waals surface area contributed by atoms with Crippen LogP contribution >= 0.6 is 0 Å². The average molecular weight is 355 g/mol. The van der Waals surface area contributed by atoms with Gasteiger partial charge in [0.1, 0.15) is 0 Å². The Morgan fingerprint density at radius 2 is 1.56 bits per heavy atom. The molecule has 0 spiro atoms. The van der Waals surface area contributed by atoms with Gasteiger partial charge in [0.25, 0.3) is 0 Å². The molecule has 1 heterocycles. The molecule has 0 unspecified atom stereocenters. The van der Waals surface area contributed by atoms with Crippen molar-refractivity contribution in [3.63, 3.8) is 0 Å². The maximum absolute atomic E-state index is 12.7. The van der Waals surface area contributed by atoms with Gasteiger partial charge in [-0.05, 0) is 37.1 Å². The summed E-state index contributed by atoms with van der Waals surface area (Å²) in [6.07, 6.45) is 0. The summed E-state index contributed by atoms with van der Waals surface area (Å²) in [5, 5.41) is 6.99. The van der Waals surface area contributed by atoms with Crippen molar-refractivity contribution >= 4 is 28.3 Å². The molecule has 0 fully saturated rings. The second-order valence-corrected chi connectivity index (χ2v) is 6.61. The van der Waals surface area contributed by atoms with E-state index in [2.05, 4.69) is 15.6 Å². The minimum atomic E-state index is -0.259. The second-order valence-electron chi connectivity index (χ2n) is 6.61. The van der Waals surface area contributed by atoms with Crippen LogP contribution in [0.25, 0.3) is 22.2 Å². The number of hydrogen-bond acceptors (Lipinski definition) is 1. The van der Waals surface area contributed by atoms with Gasteiger partial charge in [-0.15, -0.1) is 0 Å². The molecule has 4 nitrogen and oxygen atoms in total. The molecule has 3 aromatic carbocycles. The van der Waals surface area contributed by atoms with E-state index in [0.29, 0.717) is 0 Å². The summed E-state index contributed by atoms with van der Waals surface area (Å²) in [7, 11) is 0. The Morgan fingerprint density at radius 1 is 0.815 bits per heavy atom. The van der Waals surface area contributed by atoms with E-state index in [0.717, 1.165) is 44.7 Å². The third-order valence-corrected chi connectivity index (χ3v) is 4.86. The van der Waals surface area contributed by atoms with Crippen LogP contribution in [0.15, 0.2) is 72.8 Å². The number of anilines is 2. The van der Waals surface area contributed by atoms with Crippen molar-refractivity contribution in [2.45, 2.75) is 13.8 Å². The summed E-state index contributed by atoms with van der Waals surface area (Å²) in [5.74, 6) is 0. The zero-order chi connectivity index (χ0) is 18.8. The number of fused-ring (bicyclic) bond motifs is 1. The molecule has 134 valence electrons. The number of urea groups is 1. The first-order valence-corrected chi connectivity index (χ1v) is 8.94. The van der Waals surface area contributed by atoms with E-state index >= 15 is 0 Å². The zero-order valence-electron chi connectivity index (χ0n) is 15.3. The molecule has 0 aliphatic rings. The lowest BCUT2D eigenvalue weighted by molar-refractivity contribution is 0.262. The number of H-pyrrole nitrogens is 1. The van der Waals surface area contributed by atoms with Crippen molar-refractivity contribution in [1.29, 1.82) is 0 Å². The van der Waals surface area contributed by atoms with Crippen LogP contribution in [0.2, 0.25) is 0 Å². The molecule has 1 aromatic heterocycles. The number of aromatic nitrogens is 1. The molecule has 0 aliphatic heterocycles. The van der Waals surface area contributed by atoms with E-state index in [-0.39, 0.29) is 6.03 Å². The van der Waals surface area contributed by atoms with Crippen LogP contribution in [0.5, 0.6) is 0 Å². The Balaban J connectivity index is 1.70. The van der Waals surface area contributed by atoms with Crippen LogP contribution < -0.4 is 10.6 Å². The van der Waals surface area contributed by atoms with Gasteiger partial charge in [-0.3, -0.25) is 0 Å². The molecule has 0 aliphatic carbocycles. The molecule has 0 saturated carbocycles. The Kier molecular flexibility index (Phi) is 4.38. The second kappa shape index (κ2) is 7.00. The minimum Gasteiger partial charge on any atom is -0.353 e. The quantitative estimate of drug-likeness (QED) is 0.409. The number of nitrogens with one attached hydrogen (secondary N) is 3. The van der Waals surface area contributed by atoms with E-state index in [9.17, 15) is 4.79 Å². The minimum absolute atomic E-state index is 0.259. The predicted octanol–water partition coefficient (Wildman–Crippen LogP) is 6.10. The molecule has 0 saturated heterocycles. The lowest BCUT2D eigenvalue weighted by atomic mass is 10.1. The molecular formula is C23H21N3O. The number of benzene rings is 3. The third-order valence-electron chi connectivity index (χ3n) is 4.86. The molecule has 0 atom stereocenters. The molecule has 4 rings (SSSR count). The fourth-order valence-electron chi connectivity index (χ4n) is 3.25. The number of aromatic amines is 1. The van der Waals surface area contributed by atoms with Crippen LogP contribution in [-0.2, 0) is 0 Å². The fraction of sp³-hybridized carbons (Fsp3) is 0.0870. The van der Waals surface area contributed by atoms with Crippen LogP contribution in [-0.4, -0.2) is 11.0 Å². The highest BCUT2D eigenvalue weighted by Crippen LogP contribution is 2.35. The fourth-order valence-corrected chi connectivity index (χ4v) is 3.25. The van der Waals surface area contributed by atoms with E-state index in [1.165, 1.54) is 0 Å². The highest BCUT2D eigenvalue weighted by Gasteiger charge is 2.15. The summed E-state index contributed by atoms with van der Waals surface area (Å²) < 4.78 is 0. The van der Waals surface area contributed by atoms with Crippen molar-refractivity contribution in [1.82, 2.24) is 4.98 Å². The van der Waals surface area contributed by atoms with Crippen LogP contribution in [0.3, 0.4) is 0 Å². The summed E-state index contributed by atoms with van der Waals surface area (Å²) in [5.41, 5.74) is 6.70. The lowest BCUT2D eigenvalue weighted by Gasteiger charge is -2.12. The Labute approximate surface area is 158 Å². The van der Waals surface area contributed by atoms with Gasteiger partial charge in [0.2, 0.25) is 0 Å². The molecule has 4 aromatic rings. The van der Waals surface area contributed by atoms with Gasteiger partial charge in [-0.25, -0.2) is 4.79 Å². The highest BCUT2D eigenvalue weighted by molar-refractivity contribution is 6.10. The van der Waals surface area contributed by atoms with Crippen molar-refractivity contribution in [2.24, 2.45) is 0 Å². The summed E-state index contributed by atoms with van der Waals surface area (Å²) in [6.45, 7) is 4.04. The third kappa shape index (κ3) is 3.29. The van der Waals surface area contributed by atoms with Crippen LogP contribution in [0, 0.1) is 13.8 Å². The molecule has 2 amide bonds. The Bertz CT molecular complexity index is 1110. The number of hydrogen-bond donors (Lipinski definition) is 3. The van der Waals surface area contributed by atoms with Gasteiger partial charge in [-0.1, -0.05) is 60.7 Å². The molecule has 3 N–H and O–H groups in total. The standard InChI is InChI=1S/C23H21N3O/c1-15-9-8-14-19(16(15)2)25-23(27)26-22-18-12-6-7-13-20(18)24-21(22)17-10-4-3-5-11-17/h3-14,24H,1-2H3,(H2,25,26,27). The Hall–Kier alpha value is -3.53.